The first-order valence-corrected chi connectivity index (χ1v) is 9.06. The summed E-state index contributed by atoms with van der Waals surface area (Å²) < 4.78 is 11.5. The molecule has 0 N–H and O–H groups in total. The molecule has 0 aliphatic carbocycles. The molecular weight excluding hydrogens is 314 g/mol. The van der Waals surface area contributed by atoms with Crippen molar-refractivity contribution in [1.29, 1.82) is 0 Å². The smallest absolute Gasteiger partial charge is 0.0892 e. The third kappa shape index (κ3) is 3.89. The van der Waals surface area contributed by atoms with Crippen LogP contribution < -0.4 is 0 Å². The predicted octanol–water partition coefficient (Wildman–Crippen LogP) is 2.65. The Morgan fingerprint density at radius 2 is 2.24 bits per heavy atom. The lowest BCUT2D eigenvalue weighted by Crippen LogP contribution is -2.40. The summed E-state index contributed by atoms with van der Waals surface area (Å²) in [6.45, 7) is 6.97. The molecule has 5 nitrogen and oxygen atoms in total. The van der Waals surface area contributed by atoms with Gasteiger partial charge in [-0.05, 0) is 48.6 Å². The Hall–Kier alpha value is -1.82. The lowest BCUT2D eigenvalue weighted by atomic mass is 9.96. The van der Waals surface area contributed by atoms with Crippen molar-refractivity contribution >= 4 is 0 Å². The molecule has 1 unspecified atom stereocenters. The Labute approximate surface area is 149 Å². The van der Waals surface area contributed by atoms with Crippen molar-refractivity contribution in [2.75, 3.05) is 19.8 Å². The summed E-state index contributed by atoms with van der Waals surface area (Å²) >= 11 is 0. The fraction of sp³-hybridized carbons (Fsp3) is 0.500. The minimum atomic E-state index is 0.539. The number of rotatable bonds is 5. The van der Waals surface area contributed by atoms with Gasteiger partial charge in [-0.25, -0.2) is 0 Å². The zero-order valence-electron chi connectivity index (χ0n) is 14.8. The summed E-state index contributed by atoms with van der Waals surface area (Å²) in [4.78, 5) is 11.5. The molecule has 1 fully saturated rings. The number of ether oxygens (including phenoxy) is 2. The lowest BCUT2D eigenvalue weighted by Gasteiger charge is -2.33. The normalized spacial score (nSPS) is 20.6. The van der Waals surface area contributed by atoms with Gasteiger partial charge in [0.1, 0.15) is 0 Å². The van der Waals surface area contributed by atoms with Crippen LogP contribution in [0.15, 0.2) is 30.6 Å². The van der Waals surface area contributed by atoms with E-state index in [1.165, 1.54) is 16.7 Å². The van der Waals surface area contributed by atoms with E-state index >= 15 is 0 Å². The molecule has 4 heterocycles. The average molecular weight is 339 g/mol. The van der Waals surface area contributed by atoms with Crippen LogP contribution in [0.1, 0.15) is 34.5 Å². The Morgan fingerprint density at radius 1 is 1.28 bits per heavy atom. The molecule has 2 aliphatic rings. The molecule has 0 spiro atoms. The van der Waals surface area contributed by atoms with Gasteiger partial charge in [-0.3, -0.25) is 14.9 Å². The molecule has 1 atom stereocenters. The van der Waals surface area contributed by atoms with E-state index in [-0.39, 0.29) is 0 Å². The van der Waals surface area contributed by atoms with Crippen LogP contribution in [-0.2, 0) is 35.7 Å². The summed E-state index contributed by atoms with van der Waals surface area (Å²) in [6.07, 6.45) is 6.19. The van der Waals surface area contributed by atoms with Crippen molar-refractivity contribution in [1.82, 2.24) is 14.9 Å². The largest absolute Gasteiger partial charge is 0.380 e. The fourth-order valence-corrected chi connectivity index (χ4v) is 3.78. The highest BCUT2D eigenvalue weighted by Gasteiger charge is 2.27. The average Bonchev–Trinajstić information content (AvgIpc) is 3.16. The van der Waals surface area contributed by atoms with Gasteiger partial charge in [0.15, 0.2) is 0 Å². The monoisotopic (exact) mass is 339 g/mol. The molecule has 132 valence electrons. The molecule has 0 aromatic carbocycles. The van der Waals surface area contributed by atoms with Gasteiger partial charge in [0, 0.05) is 43.8 Å². The van der Waals surface area contributed by atoms with Gasteiger partial charge < -0.3 is 9.47 Å². The SMILES string of the molecule is Cc1cccc(COCc2cncc3c2CCN(C2CCOC2)C3)n1. The van der Waals surface area contributed by atoms with E-state index in [9.17, 15) is 0 Å². The minimum absolute atomic E-state index is 0.539. The Morgan fingerprint density at radius 3 is 3.08 bits per heavy atom. The third-order valence-corrected chi connectivity index (χ3v) is 5.13. The molecule has 4 rings (SSSR count). The van der Waals surface area contributed by atoms with E-state index in [4.69, 9.17) is 9.47 Å². The second-order valence-electron chi connectivity index (χ2n) is 6.94. The quantitative estimate of drug-likeness (QED) is 0.838. The highest BCUT2D eigenvalue weighted by Crippen LogP contribution is 2.25. The summed E-state index contributed by atoms with van der Waals surface area (Å²) in [5.74, 6) is 0. The Balaban J connectivity index is 1.39. The van der Waals surface area contributed by atoms with E-state index in [0.717, 1.165) is 50.5 Å². The molecular formula is C20H25N3O2. The molecule has 0 bridgehead atoms. The van der Waals surface area contributed by atoms with Gasteiger partial charge in [-0.15, -0.1) is 0 Å². The van der Waals surface area contributed by atoms with E-state index < -0.39 is 0 Å². The van der Waals surface area contributed by atoms with Crippen LogP contribution in [-0.4, -0.2) is 40.7 Å². The number of aromatic nitrogens is 2. The topological polar surface area (TPSA) is 47.5 Å². The third-order valence-electron chi connectivity index (χ3n) is 5.13. The first-order valence-electron chi connectivity index (χ1n) is 9.06. The number of aryl methyl sites for hydroxylation is 1. The molecule has 0 radical (unpaired) electrons. The molecule has 1 saturated heterocycles. The molecule has 2 aliphatic heterocycles. The second-order valence-corrected chi connectivity index (χ2v) is 6.94. The second kappa shape index (κ2) is 7.60. The first kappa shape index (κ1) is 16.6. The van der Waals surface area contributed by atoms with Gasteiger partial charge in [0.05, 0.1) is 25.5 Å². The molecule has 0 saturated carbocycles. The standard InChI is InChI=1S/C20H25N3O2/c1-15-3-2-4-18(22-15)13-25-12-17-10-21-9-16-11-23(7-5-20(16)17)19-6-8-24-14-19/h2-4,9-10,19H,5-8,11-14H2,1H3. The summed E-state index contributed by atoms with van der Waals surface area (Å²) in [5.41, 5.74) is 5.98. The maximum atomic E-state index is 5.92. The van der Waals surface area contributed by atoms with Crippen LogP contribution in [0.2, 0.25) is 0 Å². The van der Waals surface area contributed by atoms with Crippen LogP contribution in [0.25, 0.3) is 0 Å². The van der Waals surface area contributed by atoms with Crippen LogP contribution in [0.4, 0.5) is 0 Å². The van der Waals surface area contributed by atoms with Crippen LogP contribution in [0.5, 0.6) is 0 Å². The van der Waals surface area contributed by atoms with Crippen LogP contribution in [0.3, 0.4) is 0 Å². The van der Waals surface area contributed by atoms with Crippen molar-refractivity contribution in [3.63, 3.8) is 0 Å². The van der Waals surface area contributed by atoms with Crippen molar-refractivity contribution in [3.05, 3.63) is 58.7 Å². The Kier molecular flexibility index (Phi) is 5.06. The number of hydrogen-bond donors (Lipinski definition) is 0. The van der Waals surface area contributed by atoms with Crippen molar-refractivity contribution in [2.45, 2.75) is 45.6 Å². The van der Waals surface area contributed by atoms with E-state index in [1.807, 2.05) is 37.5 Å². The summed E-state index contributed by atoms with van der Waals surface area (Å²) in [5, 5.41) is 0. The first-order chi connectivity index (χ1) is 12.3. The van der Waals surface area contributed by atoms with E-state index in [1.54, 1.807) is 0 Å². The van der Waals surface area contributed by atoms with Gasteiger partial charge in [-0.1, -0.05) is 6.07 Å². The summed E-state index contributed by atoms with van der Waals surface area (Å²) in [6, 6.07) is 6.60. The number of nitrogens with zero attached hydrogens (tertiary/aromatic N) is 3. The van der Waals surface area contributed by atoms with Gasteiger partial charge in [-0.2, -0.15) is 0 Å². The predicted molar refractivity (Wildman–Crippen MR) is 95.0 cm³/mol. The van der Waals surface area contributed by atoms with Gasteiger partial charge in [0.25, 0.3) is 0 Å². The lowest BCUT2D eigenvalue weighted by molar-refractivity contribution is 0.102. The number of fused-ring (bicyclic) bond motifs is 1. The fourth-order valence-electron chi connectivity index (χ4n) is 3.78. The van der Waals surface area contributed by atoms with Gasteiger partial charge >= 0.3 is 0 Å². The van der Waals surface area contributed by atoms with Gasteiger partial charge in [0.2, 0.25) is 0 Å². The van der Waals surface area contributed by atoms with E-state index in [0.29, 0.717) is 19.3 Å². The molecule has 2 aromatic heterocycles. The van der Waals surface area contributed by atoms with Crippen LogP contribution >= 0.6 is 0 Å². The zero-order valence-corrected chi connectivity index (χ0v) is 14.8. The number of hydrogen-bond acceptors (Lipinski definition) is 5. The maximum Gasteiger partial charge on any atom is 0.0892 e. The zero-order chi connectivity index (χ0) is 17.1. The maximum absolute atomic E-state index is 5.92. The highest BCUT2D eigenvalue weighted by molar-refractivity contribution is 5.33. The van der Waals surface area contributed by atoms with Crippen LogP contribution in [0, 0.1) is 6.92 Å². The number of pyridine rings is 2. The van der Waals surface area contributed by atoms with Crippen molar-refractivity contribution < 1.29 is 9.47 Å². The highest BCUT2D eigenvalue weighted by atomic mass is 16.5. The Bertz CT molecular complexity index is 729. The van der Waals surface area contributed by atoms with Crippen molar-refractivity contribution in [2.24, 2.45) is 0 Å². The molecule has 5 heteroatoms. The molecule has 2 aromatic rings. The minimum Gasteiger partial charge on any atom is -0.380 e. The molecule has 0 amide bonds. The van der Waals surface area contributed by atoms with Crippen molar-refractivity contribution in [3.8, 4) is 0 Å². The summed E-state index contributed by atoms with van der Waals surface area (Å²) in [7, 11) is 0. The van der Waals surface area contributed by atoms with E-state index in [2.05, 4.69) is 14.9 Å². The molecule has 25 heavy (non-hydrogen) atoms.